The lowest BCUT2D eigenvalue weighted by Gasteiger charge is -2.28. The van der Waals surface area contributed by atoms with E-state index in [4.69, 9.17) is 4.74 Å². The summed E-state index contributed by atoms with van der Waals surface area (Å²) >= 11 is 0. The highest BCUT2D eigenvalue weighted by Gasteiger charge is 2.17. The Kier molecular flexibility index (Phi) is 4.89. The first kappa shape index (κ1) is 14.7. The van der Waals surface area contributed by atoms with Gasteiger partial charge in [-0.2, -0.15) is 0 Å². The quantitative estimate of drug-likeness (QED) is 0.895. The van der Waals surface area contributed by atoms with Gasteiger partial charge in [-0.05, 0) is 20.3 Å². The van der Waals surface area contributed by atoms with E-state index in [0.717, 1.165) is 25.3 Å². The van der Waals surface area contributed by atoms with Crippen LogP contribution >= 0.6 is 0 Å². The number of nitrogens with zero attached hydrogens (tertiary/aromatic N) is 3. The number of rotatable bonds is 4. The molecule has 2 heterocycles. The number of nitrogens with one attached hydrogen (secondary N) is 1. The molecule has 6 heteroatoms. The van der Waals surface area contributed by atoms with Crippen LogP contribution in [0.2, 0.25) is 0 Å². The highest BCUT2D eigenvalue weighted by molar-refractivity contribution is 5.93. The molecule has 1 aromatic heterocycles. The fraction of sp³-hybridized carbons (Fsp3) is 0.643. The van der Waals surface area contributed by atoms with E-state index in [0.29, 0.717) is 24.7 Å². The van der Waals surface area contributed by atoms with Crippen LogP contribution in [-0.2, 0) is 4.74 Å². The fourth-order valence-corrected chi connectivity index (χ4v) is 2.02. The van der Waals surface area contributed by atoms with Crippen LogP contribution in [0, 0.1) is 6.92 Å². The van der Waals surface area contributed by atoms with Gasteiger partial charge in [0.2, 0.25) is 0 Å². The van der Waals surface area contributed by atoms with E-state index >= 15 is 0 Å². The molecule has 0 aliphatic carbocycles. The highest BCUT2D eigenvalue weighted by atomic mass is 16.5. The zero-order valence-electron chi connectivity index (χ0n) is 12.3. The maximum atomic E-state index is 12.2. The van der Waals surface area contributed by atoms with Crippen LogP contribution in [0.3, 0.4) is 0 Å². The molecular weight excluding hydrogens is 256 g/mol. The third-order valence-electron chi connectivity index (χ3n) is 3.38. The van der Waals surface area contributed by atoms with Crippen molar-refractivity contribution in [1.29, 1.82) is 0 Å². The molecule has 1 fully saturated rings. The predicted molar refractivity (Wildman–Crippen MR) is 77.0 cm³/mol. The van der Waals surface area contributed by atoms with Crippen molar-refractivity contribution in [1.82, 2.24) is 15.3 Å². The highest BCUT2D eigenvalue weighted by Crippen LogP contribution is 2.14. The molecule has 0 saturated carbocycles. The second kappa shape index (κ2) is 6.65. The van der Waals surface area contributed by atoms with Crippen molar-refractivity contribution in [3.05, 3.63) is 17.6 Å². The van der Waals surface area contributed by atoms with Crippen LogP contribution in [-0.4, -0.2) is 48.2 Å². The Morgan fingerprint density at radius 3 is 2.80 bits per heavy atom. The maximum Gasteiger partial charge on any atom is 0.270 e. The first-order chi connectivity index (χ1) is 9.60. The minimum absolute atomic E-state index is 0.139. The molecule has 1 aliphatic heterocycles. The zero-order valence-corrected chi connectivity index (χ0v) is 12.3. The van der Waals surface area contributed by atoms with E-state index in [2.05, 4.69) is 20.2 Å². The van der Waals surface area contributed by atoms with Crippen molar-refractivity contribution in [3.8, 4) is 0 Å². The first-order valence-electron chi connectivity index (χ1n) is 7.09. The lowest BCUT2D eigenvalue weighted by molar-refractivity contribution is 0.0933. The number of hydrogen-bond donors (Lipinski definition) is 1. The van der Waals surface area contributed by atoms with Crippen LogP contribution in [0.5, 0.6) is 0 Å². The summed E-state index contributed by atoms with van der Waals surface area (Å²) in [4.78, 5) is 22.9. The summed E-state index contributed by atoms with van der Waals surface area (Å²) in [7, 11) is 0. The van der Waals surface area contributed by atoms with E-state index in [1.807, 2.05) is 20.8 Å². The van der Waals surface area contributed by atoms with Crippen molar-refractivity contribution in [2.75, 3.05) is 31.2 Å². The van der Waals surface area contributed by atoms with Gasteiger partial charge in [0.15, 0.2) is 0 Å². The van der Waals surface area contributed by atoms with Crippen LogP contribution in [0.4, 0.5) is 5.82 Å². The molecule has 0 bridgehead atoms. The van der Waals surface area contributed by atoms with Gasteiger partial charge in [-0.1, -0.05) is 6.92 Å². The number of amides is 1. The minimum atomic E-state index is -0.139. The van der Waals surface area contributed by atoms with Gasteiger partial charge < -0.3 is 15.0 Å². The topological polar surface area (TPSA) is 67.4 Å². The number of hydrogen-bond acceptors (Lipinski definition) is 5. The van der Waals surface area contributed by atoms with Gasteiger partial charge in [0, 0.05) is 25.2 Å². The van der Waals surface area contributed by atoms with E-state index in [1.54, 1.807) is 6.07 Å². The van der Waals surface area contributed by atoms with Crippen molar-refractivity contribution in [3.63, 3.8) is 0 Å². The third kappa shape index (κ3) is 3.66. The molecule has 1 aliphatic rings. The lowest BCUT2D eigenvalue weighted by Crippen LogP contribution is -2.37. The zero-order chi connectivity index (χ0) is 14.5. The van der Waals surface area contributed by atoms with Gasteiger partial charge in [-0.15, -0.1) is 0 Å². The van der Waals surface area contributed by atoms with E-state index < -0.39 is 0 Å². The van der Waals surface area contributed by atoms with E-state index in [9.17, 15) is 4.79 Å². The second-order valence-corrected chi connectivity index (χ2v) is 5.04. The molecule has 6 nitrogen and oxygen atoms in total. The van der Waals surface area contributed by atoms with Crippen molar-refractivity contribution >= 4 is 11.7 Å². The monoisotopic (exact) mass is 278 g/mol. The summed E-state index contributed by atoms with van der Waals surface area (Å²) in [6, 6.07) is 1.90. The van der Waals surface area contributed by atoms with Crippen molar-refractivity contribution < 1.29 is 9.53 Å². The average molecular weight is 278 g/mol. The first-order valence-corrected chi connectivity index (χ1v) is 7.09. The van der Waals surface area contributed by atoms with Gasteiger partial charge in [-0.25, -0.2) is 9.97 Å². The maximum absolute atomic E-state index is 12.2. The Bertz CT molecular complexity index is 472. The summed E-state index contributed by atoms with van der Waals surface area (Å²) in [5.41, 5.74) is 0.430. The second-order valence-electron chi connectivity index (χ2n) is 5.04. The molecule has 0 aromatic carbocycles. The molecule has 1 amide bonds. The van der Waals surface area contributed by atoms with Gasteiger partial charge in [-0.3, -0.25) is 4.79 Å². The molecule has 20 heavy (non-hydrogen) atoms. The Morgan fingerprint density at radius 1 is 1.45 bits per heavy atom. The Labute approximate surface area is 119 Å². The summed E-state index contributed by atoms with van der Waals surface area (Å²) in [6.07, 6.45) is 0.895. The summed E-state index contributed by atoms with van der Waals surface area (Å²) in [6.45, 7) is 8.80. The number of morpholine rings is 1. The largest absolute Gasteiger partial charge is 0.378 e. The molecule has 2 rings (SSSR count). The van der Waals surface area contributed by atoms with Gasteiger partial charge in [0.1, 0.15) is 17.3 Å². The third-order valence-corrected chi connectivity index (χ3v) is 3.38. The van der Waals surface area contributed by atoms with Gasteiger partial charge >= 0.3 is 0 Å². The van der Waals surface area contributed by atoms with Gasteiger partial charge in [0.25, 0.3) is 5.91 Å². The number of aromatic nitrogens is 2. The molecule has 1 N–H and O–H groups in total. The number of carbonyl (C=O) groups is 1. The van der Waals surface area contributed by atoms with E-state index in [1.165, 1.54) is 0 Å². The van der Waals surface area contributed by atoms with Crippen LogP contribution in [0.25, 0.3) is 0 Å². The summed E-state index contributed by atoms with van der Waals surface area (Å²) in [5.74, 6) is 1.28. The molecule has 1 saturated heterocycles. The lowest BCUT2D eigenvalue weighted by atomic mass is 10.2. The Hall–Kier alpha value is -1.69. The molecule has 110 valence electrons. The summed E-state index contributed by atoms with van der Waals surface area (Å²) in [5, 5.41) is 2.93. The smallest absolute Gasteiger partial charge is 0.270 e. The number of anilines is 1. The molecule has 0 spiro atoms. The molecule has 1 atom stereocenters. The number of carbonyl (C=O) groups excluding carboxylic acids is 1. The molecule has 1 unspecified atom stereocenters. The van der Waals surface area contributed by atoms with Crippen LogP contribution < -0.4 is 10.2 Å². The Balaban J connectivity index is 2.17. The summed E-state index contributed by atoms with van der Waals surface area (Å²) < 4.78 is 5.33. The Morgan fingerprint density at radius 2 is 2.15 bits per heavy atom. The molecule has 1 aromatic rings. The SMILES string of the molecule is CCC(C)NC(=O)c1cc(N2CCOCC2)nc(C)n1. The molecular formula is C14H22N4O2. The van der Waals surface area contributed by atoms with Crippen LogP contribution in [0.15, 0.2) is 6.07 Å². The van der Waals surface area contributed by atoms with Crippen LogP contribution in [0.1, 0.15) is 36.6 Å². The van der Waals surface area contributed by atoms with Gasteiger partial charge in [0.05, 0.1) is 13.2 Å². The standard InChI is InChI=1S/C14H22N4O2/c1-4-10(2)15-14(19)12-9-13(17-11(3)16-12)18-5-7-20-8-6-18/h9-10H,4-8H2,1-3H3,(H,15,19). The van der Waals surface area contributed by atoms with E-state index in [-0.39, 0.29) is 11.9 Å². The normalized spacial score (nSPS) is 16.9. The fourth-order valence-electron chi connectivity index (χ4n) is 2.02. The predicted octanol–water partition coefficient (Wildman–Crippen LogP) is 1.15. The minimum Gasteiger partial charge on any atom is -0.378 e. The average Bonchev–Trinajstić information content (AvgIpc) is 2.47. The van der Waals surface area contributed by atoms with Crippen molar-refractivity contribution in [2.24, 2.45) is 0 Å². The molecule has 0 radical (unpaired) electrons. The number of aryl methyl sites for hydroxylation is 1. The number of ether oxygens (including phenoxy) is 1. The van der Waals surface area contributed by atoms with Crippen molar-refractivity contribution in [2.45, 2.75) is 33.2 Å².